The molecule has 0 saturated heterocycles. The van der Waals surface area contributed by atoms with Crippen LogP contribution in [0.3, 0.4) is 0 Å². The summed E-state index contributed by atoms with van der Waals surface area (Å²) in [6, 6.07) is 18.5. The van der Waals surface area contributed by atoms with Gasteiger partial charge in [-0.1, -0.05) is 59.8 Å². The number of H-pyrrole nitrogens is 1. The van der Waals surface area contributed by atoms with Crippen molar-refractivity contribution in [3.05, 3.63) is 87.5 Å². The summed E-state index contributed by atoms with van der Waals surface area (Å²) in [4.78, 5) is 23.9. The number of thioether (sulfide) groups is 1. The summed E-state index contributed by atoms with van der Waals surface area (Å²) in [7, 11) is 0. The molecule has 4 aromatic rings. The minimum absolute atomic E-state index is 0.187. The van der Waals surface area contributed by atoms with Gasteiger partial charge in [-0.25, -0.2) is 9.97 Å². The maximum atomic E-state index is 12.0. The van der Waals surface area contributed by atoms with Crippen molar-refractivity contribution in [3.63, 3.8) is 0 Å². The van der Waals surface area contributed by atoms with Gasteiger partial charge in [-0.2, -0.15) is 0 Å². The second-order valence-electron chi connectivity index (χ2n) is 6.12. The Labute approximate surface area is 170 Å². The molecule has 0 bridgehead atoms. The summed E-state index contributed by atoms with van der Waals surface area (Å²) in [5, 5.41) is 1.17. The molecule has 0 aliphatic carbocycles. The average Bonchev–Trinajstić information content (AvgIpc) is 3.07. The van der Waals surface area contributed by atoms with Crippen LogP contribution in [0.4, 0.5) is 0 Å². The number of nitrogens with one attached hydrogen (secondary N) is 1. The zero-order valence-electron chi connectivity index (χ0n) is 15.0. The Kier molecular flexibility index (Phi) is 5.32. The number of nitrogens with zero attached hydrogens (tertiary/aromatic N) is 2. The van der Waals surface area contributed by atoms with Gasteiger partial charge in [0.1, 0.15) is 5.76 Å². The quantitative estimate of drug-likeness (QED) is 0.355. The predicted molar refractivity (Wildman–Crippen MR) is 112 cm³/mol. The van der Waals surface area contributed by atoms with Crippen LogP contribution in [0.25, 0.3) is 22.7 Å². The molecule has 2 heterocycles. The fourth-order valence-corrected chi connectivity index (χ4v) is 3.77. The smallest absolute Gasteiger partial charge is 0.252 e. The number of hydrogen-bond donors (Lipinski definition) is 1. The van der Waals surface area contributed by atoms with Crippen LogP contribution in [-0.2, 0) is 5.75 Å². The molecule has 28 heavy (non-hydrogen) atoms. The van der Waals surface area contributed by atoms with Gasteiger partial charge in [0.05, 0.1) is 11.4 Å². The highest BCUT2D eigenvalue weighted by molar-refractivity contribution is 7.98. The molecule has 0 fully saturated rings. The molecular formula is C21H16ClN3O2S. The van der Waals surface area contributed by atoms with Crippen molar-refractivity contribution in [3.8, 4) is 22.7 Å². The van der Waals surface area contributed by atoms with Crippen molar-refractivity contribution in [2.24, 2.45) is 0 Å². The second kappa shape index (κ2) is 8.04. The summed E-state index contributed by atoms with van der Waals surface area (Å²) in [5.41, 5.74) is 2.98. The van der Waals surface area contributed by atoms with Crippen LogP contribution in [0, 0.1) is 6.92 Å². The Hall–Kier alpha value is -2.83. The Balaban J connectivity index is 1.55. The maximum absolute atomic E-state index is 12.0. The third kappa shape index (κ3) is 4.18. The molecule has 5 nitrogen and oxygen atoms in total. The fraction of sp³-hybridized carbons (Fsp3) is 0.0952. The highest BCUT2D eigenvalue weighted by Crippen LogP contribution is 2.28. The van der Waals surface area contributed by atoms with Crippen LogP contribution in [0.5, 0.6) is 0 Å². The van der Waals surface area contributed by atoms with E-state index in [4.69, 9.17) is 16.0 Å². The van der Waals surface area contributed by atoms with E-state index in [2.05, 4.69) is 15.0 Å². The highest BCUT2D eigenvalue weighted by atomic mass is 35.5. The Bertz CT molecular complexity index is 1170. The van der Waals surface area contributed by atoms with Gasteiger partial charge in [0.25, 0.3) is 5.56 Å². The van der Waals surface area contributed by atoms with E-state index >= 15 is 0 Å². The molecule has 4 rings (SSSR count). The van der Waals surface area contributed by atoms with E-state index in [-0.39, 0.29) is 5.56 Å². The number of halogens is 1. The first-order chi connectivity index (χ1) is 13.6. The Morgan fingerprint density at radius 1 is 1.04 bits per heavy atom. The number of oxazole rings is 1. The van der Waals surface area contributed by atoms with E-state index in [9.17, 15) is 4.79 Å². The lowest BCUT2D eigenvalue weighted by Gasteiger charge is -2.03. The van der Waals surface area contributed by atoms with Crippen molar-refractivity contribution in [1.82, 2.24) is 15.0 Å². The number of aromatic amines is 1. The molecule has 0 aliphatic rings. The van der Waals surface area contributed by atoms with Gasteiger partial charge in [-0.15, -0.1) is 0 Å². The van der Waals surface area contributed by atoms with Gasteiger partial charge >= 0.3 is 0 Å². The number of benzene rings is 2. The maximum Gasteiger partial charge on any atom is 0.252 e. The van der Waals surface area contributed by atoms with Gasteiger partial charge in [-0.05, 0) is 25.1 Å². The van der Waals surface area contributed by atoms with Crippen molar-refractivity contribution in [2.75, 3.05) is 0 Å². The Morgan fingerprint density at radius 2 is 1.82 bits per heavy atom. The van der Waals surface area contributed by atoms with Gasteiger partial charge in [0.15, 0.2) is 5.16 Å². The molecule has 2 aromatic heterocycles. The highest BCUT2D eigenvalue weighted by Gasteiger charge is 2.13. The van der Waals surface area contributed by atoms with Crippen molar-refractivity contribution < 1.29 is 4.42 Å². The standard InChI is InChI=1S/C21H16ClN3O2S/c1-13-18(23-20(27-13)15-8-5-9-16(22)10-15)12-28-21-24-17(11-19(26)25-21)14-6-3-2-4-7-14/h2-11H,12H2,1H3,(H,24,25,26). The first kappa shape index (κ1) is 18.5. The minimum atomic E-state index is -0.187. The van der Waals surface area contributed by atoms with Crippen molar-refractivity contribution in [2.45, 2.75) is 17.8 Å². The first-order valence-electron chi connectivity index (χ1n) is 8.60. The predicted octanol–water partition coefficient (Wildman–Crippen LogP) is 5.35. The normalized spacial score (nSPS) is 10.9. The van der Waals surface area contributed by atoms with E-state index in [1.165, 1.54) is 17.8 Å². The van der Waals surface area contributed by atoms with E-state index in [1.807, 2.05) is 55.5 Å². The van der Waals surface area contributed by atoms with Gasteiger partial charge in [0.2, 0.25) is 5.89 Å². The lowest BCUT2D eigenvalue weighted by molar-refractivity contribution is 0.540. The van der Waals surface area contributed by atoms with Crippen LogP contribution < -0.4 is 5.56 Å². The molecule has 140 valence electrons. The molecule has 1 N–H and O–H groups in total. The summed E-state index contributed by atoms with van der Waals surface area (Å²) < 4.78 is 5.79. The summed E-state index contributed by atoms with van der Waals surface area (Å²) in [6.07, 6.45) is 0. The van der Waals surface area contributed by atoms with Crippen molar-refractivity contribution >= 4 is 23.4 Å². The van der Waals surface area contributed by atoms with Crippen molar-refractivity contribution in [1.29, 1.82) is 0 Å². The molecule has 0 saturated carbocycles. The summed E-state index contributed by atoms with van der Waals surface area (Å²) >= 11 is 7.45. The minimum Gasteiger partial charge on any atom is -0.441 e. The number of hydrogen-bond acceptors (Lipinski definition) is 5. The van der Waals surface area contributed by atoms with Gasteiger partial charge in [-0.3, -0.25) is 4.79 Å². The Morgan fingerprint density at radius 3 is 2.61 bits per heavy atom. The van der Waals surface area contributed by atoms with Crippen LogP contribution in [0.2, 0.25) is 5.02 Å². The number of aromatic nitrogens is 3. The third-order valence-corrected chi connectivity index (χ3v) is 5.22. The van der Waals surface area contributed by atoms with E-state index < -0.39 is 0 Å². The molecule has 0 spiro atoms. The molecule has 0 radical (unpaired) electrons. The lowest BCUT2D eigenvalue weighted by atomic mass is 10.1. The summed E-state index contributed by atoms with van der Waals surface area (Å²) in [6.45, 7) is 1.87. The van der Waals surface area contributed by atoms with E-state index in [0.717, 1.165) is 22.6 Å². The van der Waals surface area contributed by atoms with E-state index in [1.54, 1.807) is 6.07 Å². The third-order valence-electron chi connectivity index (χ3n) is 4.10. The molecule has 0 atom stereocenters. The van der Waals surface area contributed by atoms with Gasteiger partial charge in [0, 0.05) is 28.0 Å². The average molecular weight is 410 g/mol. The molecule has 0 aliphatic heterocycles. The molecule has 7 heteroatoms. The largest absolute Gasteiger partial charge is 0.441 e. The molecular weight excluding hydrogens is 394 g/mol. The lowest BCUT2D eigenvalue weighted by Crippen LogP contribution is -2.08. The summed E-state index contributed by atoms with van der Waals surface area (Å²) in [5.74, 6) is 1.77. The second-order valence-corrected chi connectivity index (χ2v) is 7.52. The zero-order valence-corrected chi connectivity index (χ0v) is 16.6. The van der Waals surface area contributed by atoms with Crippen LogP contribution in [0.1, 0.15) is 11.5 Å². The topological polar surface area (TPSA) is 71.8 Å². The fourth-order valence-electron chi connectivity index (χ4n) is 2.70. The number of rotatable bonds is 5. The molecule has 0 unspecified atom stereocenters. The monoisotopic (exact) mass is 409 g/mol. The number of aryl methyl sites for hydroxylation is 1. The van der Waals surface area contributed by atoms with E-state index in [0.29, 0.717) is 27.5 Å². The first-order valence-corrected chi connectivity index (χ1v) is 9.97. The molecule has 0 amide bonds. The van der Waals surface area contributed by atoms with Crippen LogP contribution in [-0.4, -0.2) is 15.0 Å². The van der Waals surface area contributed by atoms with Gasteiger partial charge < -0.3 is 9.40 Å². The SMILES string of the molecule is Cc1oc(-c2cccc(Cl)c2)nc1CSc1nc(-c2ccccc2)cc(=O)[nH]1. The zero-order chi connectivity index (χ0) is 19.5. The molecule has 2 aromatic carbocycles. The van der Waals surface area contributed by atoms with Crippen LogP contribution >= 0.6 is 23.4 Å². The van der Waals surface area contributed by atoms with Crippen LogP contribution in [0.15, 0.2) is 75.0 Å².